The van der Waals surface area contributed by atoms with Crippen molar-refractivity contribution in [2.45, 2.75) is 33.2 Å². The number of ether oxygens (including phenoxy) is 3. The Labute approximate surface area is 79.8 Å². The van der Waals surface area contributed by atoms with Crippen LogP contribution in [0.15, 0.2) is 0 Å². The molecule has 0 aromatic rings. The van der Waals surface area contributed by atoms with Gasteiger partial charge in [-0.1, -0.05) is 6.92 Å². The average Bonchev–Trinajstić information content (AvgIpc) is 2.12. The van der Waals surface area contributed by atoms with Gasteiger partial charge in [-0.05, 0) is 20.3 Å². The Balaban J connectivity index is 3.84. The summed E-state index contributed by atoms with van der Waals surface area (Å²) in [6, 6.07) is 0. The van der Waals surface area contributed by atoms with Crippen molar-refractivity contribution in [2.24, 2.45) is 0 Å². The van der Waals surface area contributed by atoms with Crippen LogP contribution in [0.1, 0.15) is 27.2 Å². The summed E-state index contributed by atoms with van der Waals surface area (Å²) in [5, 5.41) is 11.7. The lowest BCUT2D eigenvalue weighted by atomic mass is 10.5. The third-order valence-corrected chi connectivity index (χ3v) is 1.37. The highest BCUT2D eigenvalue weighted by Gasteiger charge is 2.31. The van der Waals surface area contributed by atoms with Gasteiger partial charge in [0.2, 0.25) is 0 Å². The van der Waals surface area contributed by atoms with E-state index < -0.39 is 5.97 Å². The Morgan fingerprint density at radius 3 is 2.23 bits per heavy atom. The fourth-order valence-corrected chi connectivity index (χ4v) is 0.830. The van der Waals surface area contributed by atoms with Crippen LogP contribution in [0.3, 0.4) is 0 Å². The Morgan fingerprint density at radius 2 is 1.77 bits per heavy atom. The molecule has 0 aliphatic heterocycles. The van der Waals surface area contributed by atoms with E-state index in [1.54, 1.807) is 6.92 Å². The molecule has 0 saturated heterocycles. The third kappa shape index (κ3) is 5.99. The zero-order valence-corrected chi connectivity index (χ0v) is 8.67. The quantitative estimate of drug-likeness (QED) is 0.547. The monoisotopic (exact) mass is 191 g/mol. The normalized spacial score (nSPS) is 15.7. The second-order valence-electron chi connectivity index (χ2n) is 2.60. The van der Waals surface area contributed by atoms with Crippen LogP contribution in [0, 0.1) is 0 Å². The van der Waals surface area contributed by atoms with Crippen LogP contribution in [0.5, 0.6) is 0 Å². The van der Waals surface area contributed by atoms with E-state index in [2.05, 4.69) is 0 Å². The second-order valence-corrected chi connectivity index (χ2v) is 2.60. The Kier molecular flexibility index (Phi) is 7.17. The number of hydrogen-bond acceptors (Lipinski definition) is 3. The van der Waals surface area contributed by atoms with E-state index in [-0.39, 0.29) is 6.61 Å². The number of rotatable bonds is 8. The van der Waals surface area contributed by atoms with Crippen LogP contribution in [-0.2, 0) is 19.3 Å². The summed E-state index contributed by atoms with van der Waals surface area (Å²) in [5.41, 5.74) is 0. The highest BCUT2D eigenvalue weighted by molar-refractivity contribution is 4.51. The van der Waals surface area contributed by atoms with Crippen LogP contribution in [0.25, 0.3) is 0 Å². The van der Waals surface area contributed by atoms with Crippen LogP contribution >= 0.6 is 0 Å². The van der Waals surface area contributed by atoms with E-state index >= 15 is 0 Å². The van der Waals surface area contributed by atoms with Gasteiger partial charge in [0.15, 0.2) is 0 Å². The van der Waals surface area contributed by atoms with Gasteiger partial charge in [0.25, 0.3) is 0 Å². The van der Waals surface area contributed by atoms with E-state index in [1.807, 2.05) is 13.8 Å². The van der Waals surface area contributed by atoms with E-state index in [1.165, 1.54) is 0 Å². The molecule has 0 N–H and O–H groups in total. The molecule has 0 heterocycles. The van der Waals surface area contributed by atoms with Crippen molar-refractivity contribution in [3.63, 3.8) is 0 Å². The van der Waals surface area contributed by atoms with Gasteiger partial charge >= 0.3 is 5.97 Å². The predicted octanol–water partition coefficient (Wildman–Crippen LogP) is 1.57. The minimum atomic E-state index is -1.82. The van der Waals surface area contributed by atoms with Gasteiger partial charge in [-0.2, -0.15) is 5.11 Å². The molecule has 1 atom stereocenters. The van der Waals surface area contributed by atoms with Gasteiger partial charge < -0.3 is 14.2 Å². The molecule has 0 amide bonds. The number of hydrogen-bond donors (Lipinski definition) is 0. The van der Waals surface area contributed by atoms with E-state index in [0.29, 0.717) is 19.8 Å². The lowest BCUT2D eigenvalue weighted by molar-refractivity contribution is -0.400. The molecule has 0 spiro atoms. The van der Waals surface area contributed by atoms with Crippen molar-refractivity contribution in [1.82, 2.24) is 0 Å². The SMILES string of the molecule is CCCOC([O])(COCC)OCC. The summed E-state index contributed by atoms with van der Waals surface area (Å²) in [5.74, 6) is -1.82. The largest absolute Gasteiger partial charge is 0.373 e. The van der Waals surface area contributed by atoms with Crippen LogP contribution in [0.2, 0.25) is 0 Å². The molecule has 0 saturated carbocycles. The maximum atomic E-state index is 11.7. The second kappa shape index (κ2) is 7.26. The molecule has 4 heteroatoms. The smallest absolute Gasteiger partial charge is 0.336 e. The summed E-state index contributed by atoms with van der Waals surface area (Å²) < 4.78 is 14.9. The lowest BCUT2D eigenvalue weighted by Gasteiger charge is -2.24. The molecule has 0 aromatic carbocycles. The van der Waals surface area contributed by atoms with Gasteiger partial charge in [-0.3, -0.25) is 0 Å². The minimum absolute atomic E-state index is 0.0582. The zero-order chi connectivity index (χ0) is 10.2. The molecule has 0 aliphatic carbocycles. The topological polar surface area (TPSA) is 47.6 Å². The zero-order valence-electron chi connectivity index (χ0n) is 8.67. The molecule has 0 fully saturated rings. The van der Waals surface area contributed by atoms with Gasteiger partial charge in [0.1, 0.15) is 6.61 Å². The maximum Gasteiger partial charge on any atom is 0.336 e. The van der Waals surface area contributed by atoms with Crippen LogP contribution in [-0.4, -0.2) is 32.4 Å². The van der Waals surface area contributed by atoms with Crippen LogP contribution in [0.4, 0.5) is 0 Å². The first-order chi connectivity index (χ1) is 6.18. The fourth-order valence-electron chi connectivity index (χ4n) is 0.830. The van der Waals surface area contributed by atoms with E-state index in [4.69, 9.17) is 14.2 Å². The molecule has 0 aliphatic rings. The summed E-state index contributed by atoms with van der Waals surface area (Å²) in [4.78, 5) is 0. The van der Waals surface area contributed by atoms with Crippen molar-refractivity contribution in [1.29, 1.82) is 0 Å². The molecular weight excluding hydrogens is 172 g/mol. The average molecular weight is 191 g/mol. The lowest BCUT2D eigenvalue weighted by Crippen LogP contribution is -2.39. The van der Waals surface area contributed by atoms with E-state index in [9.17, 15) is 5.11 Å². The fraction of sp³-hybridized carbons (Fsp3) is 1.00. The Morgan fingerprint density at radius 1 is 1.08 bits per heavy atom. The first kappa shape index (κ1) is 12.8. The third-order valence-electron chi connectivity index (χ3n) is 1.37. The van der Waals surface area contributed by atoms with Crippen molar-refractivity contribution in [3.8, 4) is 0 Å². The molecule has 13 heavy (non-hydrogen) atoms. The van der Waals surface area contributed by atoms with Crippen molar-refractivity contribution in [3.05, 3.63) is 0 Å². The first-order valence-electron chi connectivity index (χ1n) is 4.74. The Hall–Kier alpha value is -0.160. The molecule has 1 radical (unpaired) electrons. The summed E-state index contributed by atoms with van der Waals surface area (Å²) in [7, 11) is 0. The predicted molar refractivity (Wildman–Crippen MR) is 47.8 cm³/mol. The maximum absolute atomic E-state index is 11.7. The first-order valence-corrected chi connectivity index (χ1v) is 4.74. The molecule has 0 rings (SSSR count). The summed E-state index contributed by atoms with van der Waals surface area (Å²) in [6.45, 7) is 6.69. The van der Waals surface area contributed by atoms with Gasteiger partial charge in [0.05, 0.1) is 6.61 Å². The van der Waals surface area contributed by atoms with Crippen molar-refractivity contribution >= 4 is 0 Å². The van der Waals surface area contributed by atoms with E-state index in [0.717, 1.165) is 6.42 Å². The van der Waals surface area contributed by atoms with Crippen molar-refractivity contribution < 1.29 is 19.3 Å². The van der Waals surface area contributed by atoms with Gasteiger partial charge in [-0.15, -0.1) is 0 Å². The molecule has 0 aromatic heterocycles. The minimum Gasteiger partial charge on any atom is -0.373 e. The van der Waals surface area contributed by atoms with Crippen molar-refractivity contribution in [2.75, 3.05) is 26.4 Å². The standard InChI is InChI=1S/C9H19O4/c1-4-7-13-9(10,12-6-3)8-11-5-2/h4-8H2,1-3H3. The van der Waals surface area contributed by atoms with Gasteiger partial charge in [0, 0.05) is 13.2 Å². The summed E-state index contributed by atoms with van der Waals surface area (Å²) in [6.07, 6.45) is 0.795. The van der Waals surface area contributed by atoms with Crippen LogP contribution < -0.4 is 0 Å². The molecule has 0 bridgehead atoms. The molecule has 4 nitrogen and oxygen atoms in total. The highest BCUT2D eigenvalue weighted by Crippen LogP contribution is 2.11. The van der Waals surface area contributed by atoms with Gasteiger partial charge in [-0.25, -0.2) is 0 Å². The molecular formula is C9H19O4. The molecule has 1 unspecified atom stereocenters. The summed E-state index contributed by atoms with van der Waals surface area (Å²) >= 11 is 0. The highest BCUT2D eigenvalue weighted by atomic mass is 16.8. The molecule has 79 valence electrons. The Bertz CT molecular complexity index is 108.